The molecule has 0 unspecified atom stereocenters. The van der Waals surface area contributed by atoms with Crippen LogP contribution in [0.25, 0.3) is 11.3 Å². The molecule has 0 spiro atoms. The lowest BCUT2D eigenvalue weighted by molar-refractivity contribution is 0.0198. The Balaban J connectivity index is 1.78. The van der Waals surface area contributed by atoms with Crippen LogP contribution in [0.4, 0.5) is 0 Å². The number of hydrogen-bond donors (Lipinski definition) is 1. The van der Waals surface area contributed by atoms with E-state index in [1.165, 1.54) is 5.56 Å². The third-order valence-corrected chi connectivity index (χ3v) is 4.49. The van der Waals surface area contributed by atoms with Gasteiger partial charge in [-0.3, -0.25) is 9.69 Å². The van der Waals surface area contributed by atoms with Crippen LogP contribution in [0.5, 0.6) is 0 Å². The number of rotatable bonds is 4. The first-order valence-electron chi connectivity index (χ1n) is 8.30. The van der Waals surface area contributed by atoms with Crippen molar-refractivity contribution in [2.75, 3.05) is 33.4 Å². The maximum Gasteiger partial charge on any atom is 0.269 e. The summed E-state index contributed by atoms with van der Waals surface area (Å²) in [6.07, 6.45) is 0. The highest BCUT2D eigenvalue weighted by Gasteiger charge is 2.18. The van der Waals surface area contributed by atoms with Gasteiger partial charge in [-0.25, -0.2) is 4.98 Å². The van der Waals surface area contributed by atoms with Crippen LogP contribution < -0.4 is 5.32 Å². The van der Waals surface area contributed by atoms with E-state index in [1.54, 1.807) is 13.1 Å². The molecule has 1 aliphatic rings. The third kappa shape index (κ3) is 3.63. The van der Waals surface area contributed by atoms with Crippen molar-refractivity contribution in [1.29, 1.82) is 0 Å². The monoisotopic (exact) mass is 325 g/mol. The number of hydrogen-bond acceptors (Lipinski definition) is 4. The number of amides is 1. The zero-order valence-electron chi connectivity index (χ0n) is 14.2. The van der Waals surface area contributed by atoms with E-state index in [0.29, 0.717) is 11.7 Å². The minimum Gasteiger partial charge on any atom is -0.379 e. The zero-order valence-corrected chi connectivity index (χ0v) is 14.2. The average Bonchev–Trinajstić information content (AvgIpc) is 2.67. The molecule has 1 saturated heterocycles. The summed E-state index contributed by atoms with van der Waals surface area (Å²) in [4.78, 5) is 18.6. The summed E-state index contributed by atoms with van der Waals surface area (Å²) in [5.41, 5.74) is 3.53. The van der Waals surface area contributed by atoms with E-state index in [9.17, 15) is 4.79 Å². The van der Waals surface area contributed by atoms with Gasteiger partial charge in [0.2, 0.25) is 0 Å². The molecular weight excluding hydrogens is 302 g/mol. The molecule has 1 amide bonds. The Kier molecular flexibility index (Phi) is 5.23. The largest absolute Gasteiger partial charge is 0.379 e. The highest BCUT2D eigenvalue weighted by molar-refractivity contribution is 5.92. The molecule has 0 aliphatic carbocycles. The lowest BCUT2D eigenvalue weighted by atomic mass is 10.0. The molecule has 2 heterocycles. The fourth-order valence-corrected chi connectivity index (χ4v) is 2.96. The second-order valence-electron chi connectivity index (χ2n) is 5.93. The van der Waals surface area contributed by atoms with Gasteiger partial charge in [0.1, 0.15) is 5.69 Å². The Morgan fingerprint density at radius 2 is 1.88 bits per heavy atom. The number of morpholine rings is 1. The molecule has 1 N–H and O–H groups in total. The van der Waals surface area contributed by atoms with Gasteiger partial charge < -0.3 is 10.1 Å². The van der Waals surface area contributed by atoms with Gasteiger partial charge in [0.25, 0.3) is 5.91 Å². The maximum absolute atomic E-state index is 11.7. The Hall–Kier alpha value is -2.24. The van der Waals surface area contributed by atoms with Crippen molar-refractivity contribution in [3.63, 3.8) is 0 Å². The number of ether oxygens (including phenoxy) is 1. The number of nitrogens with one attached hydrogen (secondary N) is 1. The van der Waals surface area contributed by atoms with Crippen LogP contribution in [0, 0.1) is 0 Å². The Morgan fingerprint density at radius 1 is 1.17 bits per heavy atom. The first-order chi connectivity index (χ1) is 11.7. The summed E-state index contributed by atoms with van der Waals surface area (Å²) in [7, 11) is 1.61. The van der Waals surface area contributed by atoms with Crippen LogP contribution in [0.15, 0.2) is 42.5 Å². The fourth-order valence-electron chi connectivity index (χ4n) is 2.96. The Labute approximate surface area is 142 Å². The molecule has 0 saturated carbocycles. The van der Waals surface area contributed by atoms with Crippen molar-refractivity contribution in [2.45, 2.75) is 13.0 Å². The van der Waals surface area contributed by atoms with Gasteiger partial charge in [-0.05, 0) is 24.6 Å². The minimum atomic E-state index is -0.172. The smallest absolute Gasteiger partial charge is 0.269 e. The molecule has 1 aromatic heterocycles. The van der Waals surface area contributed by atoms with E-state index in [0.717, 1.165) is 37.6 Å². The summed E-state index contributed by atoms with van der Waals surface area (Å²) in [5, 5.41) is 2.60. The molecule has 0 bridgehead atoms. The minimum absolute atomic E-state index is 0.172. The van der Waals surface area contributed by atoms with Gasteiger partial charge in [-0.2, -0.15) is 0 Å². The number of benzene rings is 1. The maximum atomic E-state index is 11.7. The molecule has 24 heavy (non-hydrogen) atoms. The van der Waals surface area contributed by atoms with Gasteiger partial charge in [-0.15, -0.1) is 0 Å². The second kappa shape index (κ2) is 7.55. The van der Waals surface area contributed by atoms with E-state index in [-0.39, 0.29) is 5.91 Å². The van der Waals surface area contributed by atoms with Crippen molar-refractivity contribution in [2.24, 2.45) is 0 Å². The van der Waals surface area contributed by atoms with Crippen molar-refractivity contribution in [3.05, 3.63) is 53.7 Å². The van der Waals surface area contributed by atoms with Crippen molar-refractivity contribution < 1.29 is 9.53 Å². The highest BCUT2D eigenvalue weighted by Crippen LogP contribution is 2.24. The molecule has 1 aromatic carbocycles. The summed E-state index contributed by atoms with van der Waals surface area (Å²) in [6, 6.07) is 14.3. The summed E-state index contributed by atoms with van der Waals surface area (Å²) in [6.45, 7) is 5.78. The standard InChI is InChI=1S/C19H23N3O2/c1-14(22-10-12-24-13-11-22)15-6-8-16(9-7-15)17-4-3-5-18(21-17)19(23)20-2/h3-9,14H,10-13H2,1-2H3,(H,20,23)/t14-/m1/s1. The zero-order chi connectivity index (χ0) is 16.9. The van der Waals surface area contributed by atoms with Gasteiger partial charge >= 0.3 is 0 Å². The van der Waals surface area contributed by atoms with Crippen LogP contribution in [0.3, 0.4) is 0 Å². The summed E-state index contributed by atoms with van der Waals surface area (Å²) >= 11 is 0. The lowest BCUT2D eigenvalue weighted by Gasteiger charge is -2.32. The molecular formula is C19H23N3O2. The number of aromatic nitrogens is 1. The van der Waals surface area contributed by atoms with E-state index in [1.807, 2.05) is 12.1 Å². The molecule has 1 aliphatic heterocycles. The number of carbonyl (C=O) groups is 1. The number of nitrogens with zero attached hydrogens (tertiary/aromatic N) is 2. The molecule has 126 valence electrons. The fraction of sp³-hybridized carbons (Fsp3) is 0.368. The topological polar surface area (TPSA) is 54.5 Å². The first-order valence-corrected chi connectivity index (χ1v) is 8.30. The Bertz CT molecular complexity index is 694. The highest BCUT2D eigenvalue weighted by atomic mass is 16.5. The van der Waals surface area contributed by atoms with Crippen molar-refractivity contribution in [1.82, 2.24) is 15.2 Å². The van der Waals surface area contributed by atoms with Gasteiger partial charge in [0.05, 0.1) is 18.9 Å². The van der Waals surface area contributed by atoms with Crippen LogP contribution in [0.2, 0.25) is 0 Å². The Morgan fingerprint density at radius 3 is 2.54 bits per heavy atom. The normalized spacial score (nSPS) is 16.6. The van der Waals surface area contributed by atoms with Crippen molar-refractivity contribution in [3.8, 4) is 11.3 Å². The summed E-state index contributed by atoms with van der Waals surface area (Å²) in [5.74, 6) is -0.172. The second-order valence-corrected chi connectivity index (χ2v) is 5.93. The average molecular weight is 325 g/mol. The molecule has 1 atom stereocenters. The third-order valence-electron chi connectivity index (χ3n) is 4.49. The van der Waals surface area contributed by atoms with E-state index >= 15 is 0 Å². The predicted octanol–water partition coefficient (Wildman–Crippen LogP) is 2.50. The van der Waals surface area contributed by atoms with E-state index < -0.39 is 0 Å². The van der Waals surface area contributed by atoms with E-state index in [4.69, 9.17) is 4.74 Å². The predicted molar refractivity (Wildman–Crippen MR) is 93.9 cm³/mol. The molecule has 5 nitrogen and oxygen atoms in total. The molecule has 1 fully saturated rings. The van der Waals surface area contributed by atoms with Gasteiger partial charge in [-0.1, -0.05) is 30.3 Å². The van der Waals surface area contributed by atoms with Crippen LogP contribution >= 0.6 is 0 Å². The SMILES string of the molecule is CNC(=O)c1cccc(-c2ccc([C@@H](C)N3CCOCC3)cc2)n1. The van der Waals surface area contributed by atoms with Crippen LogP contribution in [0.1, 0.15) is 29.0 Å². The van der Waals surface area contributed by atoms with Gasteiger partial charge in [0, 0.05) is 31.7 Å². The van der Waals surface area contributed by atoms with Crippen LogP contribution in [-0.4, -0.2) is 49.1 Å². The lowest BCUT2D eigenvalue weighted by Crippen LogP contribution is -2.37. The molecule has 5 heteroatoms. The van der Waals surface area contributed by atoms with Gasteiger partial charge in [0.15, 0.2) is 0 Å². The van der Waals surface area contributed by atoms with E-state index in [2.05, 4.69) is 46.4 Å². The molecule has 2 aromatic rings. The molecule has 3 rings (SSSR count). The molecule has 0 radical (unpaired) electrons. The quantitative estimate of drug-likeness (QED) is 0.938. The summed E-state index contributed by atoms with van der Waals surface area (Å²) < 4.78 is 5.42. The van der Waals surface area contributed by atoms with Crippen molar-refractivity contribution >= 4 is 5.91 Å². The number of pyridine rings is 1. The first kappa shape index (κ1) is 16.6. The number of carbonyl (C=O) groups excluding carboxylic acids is 1. The van der Waals surface area contributed by atoms with Crippen LogP contribution in [-0.2, 0) is 4.74 Å².